The van der Waals surface area contributed by atoms with Crippen LogP contribution in [0, 0.1) is 6.92 Å². The highest BCUT2D eigenvalue weighted by atomic mass is 32.2. The van der Waals surface area contributed by atoms with Gasteiger partial charge in [0.2, 0.25) is 0 Å². The SMILES string of the molecule is Cc1nc2c(C(=O)NCc3ccncc3)nc(-c3ccccc3)cc2n1C1CCS(=O)(=O)C1. The Morgan fingerprint density at radius 1 is 1.12 bits per heavy atom. The largest absolute Gasteiger partial charge is 0.347 e. The normalized spacial score (nSPS) is 17.3. The molecule has 0 radical (unpaired) electrons. The highest BCUT2D eigenvalue weighted by Gasteiger charge is 2.32. The maximum atomic E-state index is 13.2. The third-order valence-electron chi connectivity index (χ3n) is 5.92. The van der Waals surface area contributed by atoms with E-state index in [-0.39, 0.29) is 29.1 Å². The molecule has 3 aromatic heterocycles. The molecule has 1 aliphatic rings. The number of hydrogen-bond donors (Lipinski definition) is 1. The predicted molar refractivity (Wildman–Crippen MR) is 125 cm³/mol. The number of pyridine rings is 2. The van der Waals surface area contributed by atoms with Crippen molar-refractivity contribution in [2.75, 3.05) is 11.5 Å². The van der Waals surface area contributed by atoms with Crippen LogP contribution < -0.4 is 5.32 Å². The lowest BCUT2D eigenvalue weighted by molar-refractivity contribution is 0.0947. The molecule has 1 fully saturated rings. The summed E-state index contributed by atoms with van der Waals surface area (Å²) in [4.78, 5) is 26.5. The fourth-order valence-corrected chi connectivity index (χ4v) is 6.03. The van der Waals surface area contributed by atoms with Crippen molar-refractivity contribution >= 4 is 26.8 Å². The molecule has 0 bridgehead atoms. The van der Waals surface area contributed by atoms with Gasteiger partial charge < -0.3 is 9.88 Å². The second-order valence-electron chi connectivity index (χ2n) is 8.21. The van der Waals surface area contributed by atoms with E-state index in [0.717, 1.165) is 16.6 Å². The number of carbonyl (C=O) groups is 1. The molecule has 0 spiro atoms. The van der Waals surface area contributed by atoms with E-state index >= 15 is 0 Å². The summed E-state index contributed by atoms with van der Waals surface area (Å²) < 4.78 is 26.3. The zero-order valence-corrected chi connectivity index (χ0v) is 18.9. The molecule has 1 amide bonds. The quantitative estimate of drug-likeness (QED) is 0.489. The van der Waals surface area contributed by atoms with Crippen molar-refractivity contribution in [2.45, 2.75) is 25.9 Å². The first kappa shape index (κ1) is 21.3. The third-order valence-corrected chi connectivity index (χ3v) is 7.67. The van der Waals surface area contributed by atoms with Gasteiger partial charge in [-0.25, -0.2) is 18.4 Å². The Balaban J connectivity index is 1.61. The Hall–Kier alpha value is -3.59. The van der Waals surface area contributed by atoms with E-state index in [2.05, 4.69) is 20.3 Å². The monoisotopic (exact) mass is 461 g/mol. The lowest BCUT2D eigenvalue weighted by Crippen LogP contribution is -2.24. The molecule has 9 heteroatoms. The molecule has 0 saturated carbocycles. The molecule has 33 heavy (non-hydrogen) atoms. The average molecular weight is 462 g/mol. The molecule has 1 unspecified atom stereocenters. The summed E-state index contributed by atoms with van der Waals surface area (Å²) in [5.74, 6) is 0.569. The van der Waals surface area contributed by atoms with Gasteiger partial charge in [-0.2, -0.15) is 0 Å². The molecule has 4 heterocycles. The summed E-state index contributed by atoms with van der Waals surface area (Å²) in [7, 11) is -3.08. The molecule has 1 aliphatic heterocycles. The van der Waals surface area contributed by atoms with Crippen LogP contribution >= 0.6 is 0 Å². The van der Waals surface area contributed by atoms with Crippen molar-refractivity contribution in [2.24, 2.45) is 0 Å². The van der Waals surface area contributed by atoms with Gasteiger partial charge in [0.15, 0.2) is 15.5 Å². The van der Waals surface area contributed by atoms with Crippen molar-refractivity contribution < 1.29 is 13.2 Å². The maximum absolute atomic E-state index is 13.2. The van der Waals surface area contributed by atoms with E-state index in [1.165, 1.54) is 0 Å². The highest BCUT2D eigenvalue weighted by molar-refractivity contribution is 7.91. The first-order chi connectivity index (χ1) is 15.9. The van der Waals surface area contributed by atoms with Gasteiger partial charge in [0.25, 0.3) is 5.91 Å². The van der Waals surface area contributed by atoms with Crippen LogP contribution in [0.5, 0.6) is 0 Å². The molecule has 168 valence electrons. The Morgan fingerprint density at radius 2 is 1.88 bits per heavy atom. The minimum Gasteiger partial charge on any atom is -0.347 e. The second kappa shape index (κ2) is 8.40. The van der Waals surface area contributed by atoms with E-state index < -0.39 is 9.84 Å². The predicted octanol–water partition coefficient (Wildman–Crippen LogP) is 3.09. The van der Waals surface area contributed by atoms with Crippen LogP contribution in [0.2, 0.25) is 0 Å². The van der Waals surface area contributed by atoms with Gasteiger partial charge >= 0.3 is 0 Å². The van der Waals surface area contributed by atoms with E-state index in [0.29, 0.717) is 30.0 Å². The Bertz CT molecular complexity index is 1430. The Labute approximate surface area is 191 Å². The van der Waals surface area contributed by atoms with Crippen LogP contribution in [-0.4, -0.2) is 45.3 Å². The van der Waals surface area contributed by atoms with Crippen molar-refractivity contribution in [3.05, 3.63) is 78.0 Å². The van der Waals surface area contributed by atoms with Gasteiger partial charge in [-0.3, -0.25) is 9.78 Å². The number of carbonyl (C=O) groups excluding carboxylic acids is 1. The number of aromatic nitrogens is 4. The second-order valence-corrected chi connectivity index (χ2v) is 10.4. The minimum absolute atomic E-state index is 0.0753. The summed E-state index contributed by atoms with van der Waals surface area (Å²) >= 11 is 0. The third kappa shape index (κ3) is 4.23. The van der Waals surface area contributed by atoms with Gasteiger partial charge in [0, 0.05) is 24.5 Å². The molecular formula is C24H23N5O3S. The fraction of sp³-hybridized carbons (Fsp3) is 0.250. The number of benzene rings is 1. The topological polar surface area (TPSA) is 107 Å². The molecule has 1 N–H and O–H groups in total. The molecule has 5 rings (SSSR count). The Kier molecular flexibility index (Phi) is 5.41. The van der Waals surface area contributed by atoms with Gasteiger partial charge in [0.1, 0.15) is 11.3 Å². The number of rotatable bonds is 5. The van der Waals surface area contributed by atoms with Crippen LogP contribution in [0.1, 0.15) is 34.3 Å². The number of fused-ring (bicyclic) bond motifs is 1. The lowest BCUT2D eigenvalue weighted by atomic mass is 10.1. The zero-order valence-electron chi connectivity index (χ0n) is 18.1. The van der Waals surface area contributed by atoms with Gasteiger partial charge in [-0.15, -0.1) is 0 Å². The van der Waals surface area contributed by atoms with E-state index in [4.69, 9.17) is 0 Å². The summed E-state index contributed by atoms with van der Waals surface area (Å²) in [6.45, 7) is 2.17. The summed E-state index contributed by atoms with van der Waals surface area (Å²) in [5.41, 5.74) is 3.85. The first-order valence-electron chi connectivity index (χ1n) is 10.7. The molecule has 0 aliphatic carbocycles. The van der Waals surface area contributed by atoms with Crippen molar-refractivity contribution in [1.29, 1.82) is 0 Å². The number of imidazole rings is 1. The Morgan fingerprint density at radius 3 is 2.58 bits per heavy atom. The fourth-order valence-electron chi connectivity index (χ4n) is 4.33. The summed E-state index contributed by atoms with van der Waals surface area (Å²) in [6, 6.07) is 15.0. The zero-order chi connectivity index (χ0) is 23.0. The number of amides is 1. The number of sulfone groups is 1. The van der Waals surface area contributed by atoms with E-state index in [9.17, 15) is 13.2 Å². The van der Waals surface area contributed by atoms with Crippen molar-refractivity contribution in [3.63, 3.8) is 0 Å². The molecule has 1 aromatic carbocycles. The van der Waals surface area contributed by atoms with Gasteiger partial charge in [-0.1, -0.05) is 30.3 Å². The number of hydrogen-bond acceptors (Lipinski definition) is 6. The van der Waals surface area contributed by atoms with Crippen LogP contribution in [0.15, 0.2) is 60.9 Å². The lowest BCUT2D eigenvalue weighted by Gasteiger charge is -2.15. The smallest absolute Gasteiger partial charge is 0.272 e. The average Bonchev–Trinajstić information content (AvgIpc) is 3.35. The molecule has 4 aromatic rings. The molecular weight excluding hydrogens is 438 g/mol. The summed E-state index contributed by atoms with van der Waals surface area (Å²) in [6.07, 6.45) is 3.88. The van der Waals surface area contributed by atoms with Crippen molar-refractivity contribution in [1.82, 2.24) is 24.8 Å². The van der Waals surface area contributed by atoms with Gasteiger partial charge in [-0.05, 0) is 37.1 Å². The first-order valence-corrected chi connectivity index (χ1v) is 12.6. The summed E-state index contributed by atoms with van der Waals surface area (Å²) in [5, 5.41) is 2.92. The van der Waals surface area contributed by atoms with E-state index in [1.807, 2.05) is 60.0 Å². The highest BCUT2D eigenvalue weighted by Crippen LogP contribution is 2.32. The number of nitrogens with one attached hydrogen (secondary N) is 1. The minimum atomic E-state index is -3.08. The molecule has 1 saturated heterocycles. The van der Waals surface area contributed by atoms with Crippen molar-refractivity contribution in [3.8, 4) is 11.3 Å². The number of nitrogens with zero attached hydrogens (tertiary/aromatic N) is 4. The maximum Gasteiger partial charge on any atom is 0.272 e. The van der Waals surface area contributed by atoms with Crippen LogP contribution in [0.4, 0.5) is 0 Å². The molecule has 8 nitrogen and oxygen atoms in total. The van der Waals surface area contributed by atoms with Crippen LogP contribution in [0.3, 0.4) is 0 Å². The molecule has 1 atom stereocenters. The number of aryl methyl sites for hydroxylation is 1. The van der Waals surface area contributed by atoms with E-state index in [1.54, 1.807) is 12.4 Å². The standard InChI is InChI=1S/C24H23N5O3S/c1-16-27-22-21(29(16)19-9-12-33(31,32)15-19)13-20(18-5-3-2-4-6-18)28-23(22)24(30)26-14-17-7-10-25-11-8-17/h2-8,10-11,13,19H,9,12,14-15H2,1H3,(H,26,30). The van der Waals surface area contributed by atoms with Crippen LogP contribution in [-0.2, 0) is 16.4 Å². The van der Waals surface area contributed by atoms with Crippen LogP contribution in [0.25, 0.3) is 22.3 Å². The van der Waals surface area contributed by atoms with Gasteiger partial charge in [0.05, 0.1) is 28.8 Å².